The molecule has 0 aromatic carbocycles. The number of hydrogen-bond donors (Lipinski definition) is 0. The second-order valence-corrected chi connectivity index (χ2v) is 6.37. The lowest BCUT2D eigenvalue weighted by atomic mass is 10.2. The van der Waals surface area contributed by atoms with E-state index in [1.807, 2.05) is 17.9 Å². The fraction of sp³-hybridized carbons (Fsp3) is 0.722. The van der Waals surface area contributed by atoms with Crippen LogP contribution in [-0.4, -0.2) is 71.5 Å². The van der Waals surface area contributed by atoms with Gasteiger partial charge in [-0.05, 0) is 26.3 Å². The zero-order valence-corrected chi connectivity index (χ0v) is 15.6. The number of nitrogens with zero attached hydrogens (tertiary/aromatic N) is 5. The number of carbonyl (C=O) groups excluding carboxylic acids is 1. The van der Waals surface area contributed by atoms with Gasteiger partial charge in [0.2, 0.25) is 0 Å². The zero-order valence-electron chi connectivity index (χ0n) is 15.6. The van der Waals surface area contributed by atoms with Crippen LogP contribution in [-0.2, 0) is 0 Å². The minimum absolute atomic E-state index is 0.0328. The van der Waals surface area contributed by atoms with E-state index in [9.17, 15) is 4.79 Å². The number of anilines is 1. The summed E-state index contributed by atoms with van der Waals surface area (Å²) in [6.45, 7) is 14.7. The number of aromatic nitrogens is 2. The standard InChI is InChI=1S/C18H31N5O/c1-5-8-22(9-6-2)17-14-16(19-15(4)20-17)18(24)23-12-10-21(7-3)11-13-23/h14H,5-13H2,1-4H3. The highest BCUT2D eigenvalue weighted by Crippen LogP contribution is 2.16. The molecule has 1 fully saturated rings. The van der Waals surface area contributed by atoms with Crippen LogP contribution in [0.5, 0.6) is 0 Å². The average molecular weight is 333 g/mol. The molecule has 1 amide bonds. The lowest BCUT2D eigenvalue weighted by Gasteiger charge is -2.34. The van der Waals surface area contributed by atoms with Crippen molar-refractivity contribution in [3.05, 3.63) is 17.6 Å². The van der Waals surface area contributed by atoms with Gasteiger partial charge in [-0.1, -0.05) is 20.8 Å². The lowest BCUT2D eigenvalue weighted by molar-refractivity contribution is 0.0637. The highest BCUT2D eigenvalue weighted by Gasteiger charge is 2.23. The first-order chi connectivity index (χ1) is 11.6. The van der Waals surface area contributed by atoms with Crippen LogP contribution in [0.3, 0.4) is 0 Å². The van der Waals surface area contributed by atoms with E-state index >= 15 is 0 Å². The molecule has 24 heavy (non-hydrogen) atoms. The number of amides is 1. The number of piperazine rings is 1. The Bertz CT molecular complexity index is 534. The van der Waals surface area contributed by atoms with Crippen molar-refractivity contribution in [3.63, 3.8) is 0 Å². The smallest absolute Gasteiger partial charge is 0.272 e. The molecule has 0 radical (unpaired) electrons. The van der Waals surface area contributed by atoms with E-state index in [1.54, 1.807) is 0 Å². The monoisotopic (exact) mass is 333 g/mol. The van der Waals surface area contributed by atoms with Crippen LogP contribution < -0.4 is 4.90 Å². The fourth-order valence-electron chi connectivity index (χ4n) is 3.13. The van der Waals surface area contributed by atoms with Crippen molar-refractivity contribution in [3.8, 4) is 0 Å². The molecule has 1 saturated heterocycles. The Morgan fingerprint density at radius 1 is 1.08 bits per heavy atom. The Balaban J connectivity index is 2.16. The first-order valence-corrected chi connectivity index (χ1v) is 9.21. The third-order valence-corrected chi connectivity index (χ3v) is 4.46. The van der Waals surface area contributed by atoms with Gasteiger partial charge in [0.05, 0.1) is 0 Å². The molecule has 0 unspecified atom stereocenters. The number of aryl methyl sites for hydroxylation is 1. The van der Waals surface area contributed by atoms with Gasteiger partial charge in [-0.3, -0.25) is 4.79 Å². The molecule has 0 atom stereocenters. The van der Waals surface area contributed by atoms with Crippen molar-refractivity contribution >= 4 is 11.7 Å². The van der Waals surface area contributed by atoms with E-state index in [2.05, 4.69) is 40.5 Å². The molecule has 2 rings (SSSR count). The zero-order chi connectivity index (χ0) is 17.5. The van der Waals surface area contributed by atoms with Crippen molar-refractivity contribution < 1.29 is 4.79 Å². The van der Waals surface area contributed by atoms with Crippen molar-refractivity contribution in [2.45, 2.75) is 40.5 Å². The van der Waals surface area contributed by atoms with E-state index in [4.69, 9.17) is 0 Å². The van der Waals surface area contributed by atoms with Gasteiger partial charge >= 0.3 is 0 Å². The largest absolute Gasteiger partial charge is 0.357 e. The molecule has 1 aromatic rings. The van der Waals surface area contributed by atoms with E-state index in [0.717, 1.165) is 64.5 Å². The summed E-state index contributed by atoms with van der Waals surface area (Å²) in [6.07, 6.45) is 2.12. The highest BCUT2D eigenvalue weighted by molar-refractivity contribution is 5.93. The summed E-state index contributed by atoms with van der Waals surface area (Å²) in [4.78, 5) is 28.3. The maximum atomic E-state index is 12.8. The Hall–Kier alpha value is -1.69. The molecule has 0 saturated carbocycles. The van der Waals surface area contributed by atoms with Gasteiger partial charge < -0.3 is 14.7 Å². The van der Waals surface area contributed by atoms with E-state index < -0.39 is 0 Å². The van der Waals surface area contributed by atoms with Crippen molar-refractivity contribution in [2.24, 2.45) is 0 Å². The third kappa shape index (κ3) is 4.66. The van der Waals surface area contributed by atoms with Gasteiger partial charge in [-0.2, -0.15) is 0 Å². The van der Waals surface area contributed by atoms with Crippen molar-refractivity contribution in [2.75, 3.05) is 50.7 Å². The molecule has 2 heterocycles. The molecular formula is C18H31N5O. The molecular weight excluding hydrogens is 302 g/mol. The summed E-state index contributed by atoms with van der Waals surface area (Å²) in [5.41, 5.74) is 0.527. The van der Waals surface area contributed by atoms with E-state index in [1.165, 1.54) is 0 Å². The highest BCUT2D eigenvalue weighted by atomic mass is 16.2. The molecule has 0 aliphatic carbocycles. The maximum absolute atomic E-state index is 12.8. The molecule has 6 nitrogen and oxygen atoms in total. The summed E-state index contributed by atoms with van der Waals surface area (Å²) in [5.74, 6) is 1.58. The Kier molecular flexibility index (Phi) is 6.97. The van der Waals surface area contributed by atoms with Crippen LogP contribution in [0.25, 0.3) is 0 Å². The molecule has 1 aliphatic rings. The van der Waals surface area contributed by atoms with Gasteiger partial charge in [-0.15, -0.1) is 0 Å². The number of likely N-dealkylation sites (N-methyl/N-ethyl adjacent to an activating group) is 1. The normalized spacial score (nSPS) is 15.6. The molecule has 0 bridgehead atoms. The van der Waals surface area contributed by atoms with Crippen molar-refractivity contribution in [1.29, 1.82) is 0 Å². The summed E-state index contributed by atoms with van der Waals surface area (Å²) in [6, 6.07) is 1.87. The van der Waals surface area contributed by atoms with Crippen LogP contribution in [0.2, 0.25) is 0 Å². The Morgan fingerprint density at radius 3 is 2.25 bits per heavy atom. The molecule has 0 N–H and O–H groups in total. The predicted octanol–water partition coefficient (Wildman–Crippen LogP) is 2.19. The second kappa shape index (κ2) is 8.97. The minimum atomic E-state index is 0.0328. The van der Waals surface area contributed by atoms with Crippen LogP contribution in [0.4, 0.5) is 5.82 Å². The summed E-state index contributed by atoms with van der Waals surface area (Å²) >= 11 is 0. The quantitative estimate of drug-likeness (QED) is 0.765. The number of carbonyl (C=O) groups is 1. The first kappa shape index (κ1) is 18.6. The topological polar surface area (TPSA) is 52.6 Å². The Labute approximate surface area is 145 Å². The van der Waals surface area contributed by atoms with Crippen molar-refractivity contribution in [1.82, 2.24) is 19.8 Å². The first-order valence-electron chi connectivity index (χ1n) is 9.21. The molecule has 1 aliphatic heterocycles. The second-order valence-electron chi connectivity index (χ2n) is 6.37. The summed E-state index contributed by atoms with van der Waals surface area (Å²) < 4.78 is 0. The van der Waals surface area contributed by atoms with E-state index in [0.29, 0.717) is 11.5 Å². The van der Waals surface area contributed by atoms with Gasteiger partial charge in [-0.25, -0.2) is 9.97 Å². The van der Waals surface area contributed by atoms with Crippen LogP contribution in [0, 0.1) is 6.92 Å². The van der Waals surface area contributed by atoms with Crippen LogP contribution >= 0.6 is 0 Å². The molecule has 6 heteroatoms. The molecule has 0 spiro atoms. The summed E-state index contributed by atoms with van der Waals surface area (Å²) in [5, 5.41) is 0. The molecule has 134 valence electrons. The lowest BCUT2D eigenvalue weighted by Crippen LogP contribution is -2.48. The summed E-state index contributed by atoms with van der Waals surface area (Å²) in [7, 11) is 0. The minimum Gasteiger partial charge on any atom is -0.357 e. The predicted molar refractivity (Wildman–Crippen MR) is 97.6 cm³/mol. The number of hydrogen-bond acceptors (Lipinski definition) is 5. The fourth-order valence-corrected chi connectivity index (χ4v) is 3.13. The van der Waals surface area contributed by atoms with E-state index in [-0.39, 0.29) is 5.91 Å². The molecule has 1 aromatic heterocycles. The van der Waals surface area contributed by atoms with Gasteiger partial charge in [0.25, 0.3) is 5.91 Å². The van der Waals surface area contributed by atoms with Crippen LogP contribution in [0.1, 0.15) is 49.9 Å². The van der Waals surface area contributed by atoms with Gasteiger partial charge in [0.1, 0.15) is 17.3 Å². The van der Waals surface area contributed by atoms with Gasteiger partial charge in [0.15, 0.2) is 0 Å². The van der Waals surface area contributed by atoms with Crippen LogP contribution in [0.15, 0.2) is 6.07 Å². The third-order valence-electron chi connectivity index (χ3n) is 4.46. The Morgan fingerprint density at radius 2 is 1.71 bits per heavy atom. The SMILES string of the molecule is CCCN(CCC)c1cc(C(=O)N2CCN(CC)CC2)nc(C)n1. The average Bonchev–Trinajstić information content (AvgIpc) is 2.60. The number of rotatable bonds is 7. The van der Waals surface area contributed by atoms with Gasteiger partial charge in [0, 0.05) is 45.3 Å². The maximum Gasteiger partial charge on any atom is 0.272 e.